The number of hydrogen-bond acceptors (Lipinski definition) is 5. The Bertz CT molecular complexity index is 603. The molecule has 6 heteroatoms. The highest BCUT2D eigenvalue weighted by atomic mass is 35.5. The van der Waals surface area contributed by atoms with E-state index in [1.807, 2.05) is 36.0 Å². The number of hydrogen-bond donors (Lipinski definition) is 2. The Balaban J connectivity index is 1.96. The molecule has 0 aliphatic carbocycles. The number of likely N-dealkylation sites (N-methyl/N-ethyl adjacent to an activating group) is 1. The normalized spacial score (nSPS) is 22.2. The molecule has 4 nitrogen and oxygen atoms in total. The molecule has 1 aliphatic heterocycles. The van der Waals surface area contributed by atoms with Crippen molar-refractivity contribution >= 4 is 34.3 Å². The van der Waals surface area contributed by atoms with Gasteiger partial charge in [-0.3, -0.25) is 10.7 Å². The minimum atomic E-state index is -0.0312. The molecule has 0 amide bonds. The first-order valence-corrected chi connectivity index (χ1v) is 8.16. The molecule has 1 aromatic heterocycles. The van der Waals surface area contributed by atoms with Crippen molar-refractivity contribution in [1.82, 2.24) is 10.3 Å². The topological polar surface area (TPSA) is 54.4 Å². The fraction of sp³-hybridized carbons (Fsp3) is 0.429. The average molecular weight is 312 g/mol. The summed E-state index contributed by atoms with van der Waals surface area (Å²) in [5.41, 5.74) is 3.64. The number of thioether (sulfide) groups is 1. The van der Waals surface area contributed by atoms with Crippen LogP contribution in [0.1, 0.15) is 11.8 Å². The van der Waals surface area contributed by atoms with E-state index in [4.69, 9.17) is 21.9 Å². The number of rotatable bonds is 3. The maximum absolute atomic E-state index is 6.17. The molecule has 3 rings (SSSR count). The van der Waals surface area contributed by atoms with E-state index in [2.05, 4.69) is 17.4 Å². The van der Waals surface area contributed by atoms with Gasteiger partial charge in [0.15, 0.2) is 5.58 Å². The molecule has 1 aliphatic rings. The highest BCUT2D eigenvalue weighted by Crippen LogP contribution is 2.33. The largest absolute Gasteiger partial charge is 0.458 e. The highest BCUT2D eigenvalue weighted by Gasteiger charge is 2.30. The maximum Gasteiger partial charge on any atom is 0.152 e. The van der Waals surface area contributed by atoms with Gasteiger partial charge in [0.1, 0.15) is 5.76 Å². The van der Waals surface area contributed by atoms with Crippen LogP contribution in [0.25, 0.3) is 11.0 Å². The second-order valence-corrected chi connectivity index (χ2v) is 6.63. The van der Waals surface area contributed by atoms with Gasteiger partial charge in [-0.05, 0) is 19.2 Å². The van der Waals surface area contributed by atoms with Gasteiger partial charge in [-0.25, -0.2) is 5.43 Å². The molecule has 0 bridgehead atoms. The van der Waals surface area contributed by atoms with Crippen molar-refractivity contribution in [3.8, 4) is 0 Å². The van der Waals surface area contributed by atoms with Crippen molar-refractivity contribution in [2.45, 2.75) is 12.1 Å². The zero-order valence-corrected chi connectivity index (χ0v) is 12.9. The summed E-state index contributed by atoms with van der Waals surface area (Å²) in [6, 6.07) is 8.08. The molecule has 108 valence electrons. The van der Waals surface area contributed by atoms with Crippen LogP contribution in [-0.2, 0) is 0 Å². The number of nitrogens with zero attached hydrogens (tertiary/aromatic N) is 1. The fourth-order valence-electron chi connectivity index (χ4n) is 2.64. The number of fused-ring (bicyclic) bond motifs is 1. The van der Waals surface area contributed by atoms with E-state index < -0.39 is 0 Å². The third-order valence-corrected chi connectivity index (χ3v) is 5.18. The van der Waals surface area contributed by atoms with Gasteiger partial charge in [-0.2, -0.15) is 11.8 Å². The molecular formula is C14H18ClN3OS. The predicted molar refractivity (Wildman–Crippen MR) is 85.0 cm³/mol. The lowest BCUT2D eigenvalue weighted by atomic mass is 10.1. The second-order valence-electron chi connectivity index (χ2n) is 5.07. The van der Waals surface area contributed by atoms with E-state index in [1.54, 1.807) is 0 Å². The molecule has 2 atom stereocenters. The van der Waals surface area contributed by atoms with E-state index in [0.29, 0.717) is 11.1 Å². The molecule has 1 fully saturated rings. The maximum atomic E-state index is 6.17. The molecule has 0 radical (unpaired) electrons. The molecule has 1 aromatic carbocycles. The van der Waals surface area contributed by atoms with Gasteiger partial charge in [0.05, 0.1) is 11.1 Å². The van der Waals surface area contributed by atoms with Crippen LogP contribution in [0.2, 0.25) is 5.02 Å². The van der Waals surface area contributed by atoms with Crippen molar-refractivity contribution in [1.29, 1.82) is 0 Å². The quantitative estimate of drug-likeness (QED) is 0.674. The standard InChI is InChI=1S/C14H18ClN3OS/c1-18-5-6-20-8-11(18)13(17-16)12-7-9-3-2-4-10(15)14(9)19-12/h2-4,7,11,13,17H,5-6,8,16H2,1H3. The van der Waals surface area contributed by atoms with Crippen LogP contribution < -0.4 is 11.3 Å². The Morgan fingerprint density at radius 1 is 1.55 bits per heavy atom. The number of benzene rings is 1. The smallest absolute Gasteiger partial charge is 0.152 e. The van der Waals surface area contributed by atoms with Crippen molar-refractivity contribution < 1.29 is 4.42 Å². The van der Waals surface area contributed by atoms with Gasteiger partial charge in [0.25, 0.3) is 0 Å². The molecule has 2 aromatic rings. The number of hydrazine groups is 1. The monoisotopic (exact) mass is 311 g/mol. The number of para-hydroxylation sites is 1. The lowest BCUT2D eigenvalue weighted by Gasteiger charge is -2.36. The SMILES string of the molecule is CN1CCSCC1C(NN)c1cc2cccc(Cl)c2o1. The van der Waals surface area contributed by atoms with E-state index in [9.17, 15) is 0 Å². The Morgan fingerprint density at radius 2 is 2.40 bits per heavy atom. The molecule has 2 unspecified atom stereocenters. The lowest BCUT2D eigenvalue weighted by Crippen LogP contribution is -2.49. The first-order valence-electron chi connectivity index (χ1n) is 6.63. The fourth-order valence-corrected chi connectivity index (χ4v) is 4.13. The predicted octanol–water partition coefficient (Wildman–Crippen LogP) is 2.64. The number of nitrogens with one attached hydrogen (secondary N) is 1. The molecule has 0 saturated carbocycles. The van der Waals surface area contributed by atoms with Crippen molar-refractivity contribution in [3.05, 3.63) is 35.0 Å². The zero-order chi connectivity index (χ0) is 14.1. The van der Waals surface area contributed by atoms with Crippen LogP contribution in [0.3, 0.4) is 0 Å². The number of nitrogens with two attached hydrogens (primary N) is 1. The second kappa shape index (κ2) is 5.95. The van der Waals surface area contributed by atoms with Gasteiger partial charge in [-0.15, -0.1) is 0 Å². The van der Waals surface area contributed by atoms with Crippen LogP contribution in [0.4, 0.5) is 0 Å². The van der Waals surface area contributed by atoms with Crippen LogP contribution in [0.5, 0.6) is 0 Å². The Morgan fingerprint density at radius 3 is 3.10 bits per heavy atom. The van der Waals surface area contributed by atoms with E-state index in [1.165, 1.54) is 0 Å². The minimum absolute atomic E-state index is 0.0312. The van der Waals surface area contributed by atoms with E-state index in [0.717, 1.165) is 34.8 Å². The van der Waals surface area contributed by atoms with E-state index in [-0.39, 0.29) is 6.04 Å². The third kappa shape index (κ3) is 2.56. The summed E-state index contributed by atoms with van der Waals surface area (Å²) < 4.78 is 5.94. The summed E-state index contributed by atoms with van der Waals surface area (Å²) in [6.07, 6.45) is 0. The summed E-state index contributed by atoms with van der Waals surface area (Å²) >= 11 is 8.12. The molecule has 2 heterocycles. The van der Waals surface area contributed by atoms with Gasteiger partial charge in [0, 0.05) is 29.5 Å². The van der Waals surface area contributed by atoms with Crippen molar-refractivity contribution in [3.63, 3.8) is 0 Å². The lowest BCUT2D eigenvalue weighted by molar-refractivity contribution is 0.202. The Kier molecular flexibility index (Phi) is 4.23. The van der Waals surface area contributed by atoms with Gasteiger partial charge in [0.2, 0.25) is 0 Å². The van der Waals surface area contributed by atoms with Crippen LogP contribution in [-0.4, -0.2) is 36.0 Å². The van der Waals surface area contributed by atoms with Crippen molar-refractivity contribution in [2.75, 3.05) is 25.1 Å². The van der Waals surface area contributed by atoms with Crippen LogP contribution in [0.15, 0.2) is 28.7 Å². The highest BCUT2D eigenvalue weighted by molar-refractivity contribution is 7.99. The summed E-state index contributed by atoms with van der Waals surface area (Å²) in [5.74, 6) is 8.82. The van der Waals surface area contributed by atoms with Gasteiger partial charge < -0.3 is 4.42 Å². The van der Waals surface area contributed by atoms with Gasteiger partial charge in [-0.1, -0.05) is 23.7 Å². The summed E-state index contributed by atoms with van der Waals surface area (Å²) in [6.45, 7) is 1.06. The Hall–Kier alpha value is -0.720. The van der Waals surface area contributed by atoms with Crippen LogP contribution in [0, 0.1) is 0 Å². The van der Waals surface area contributed by atoms with Gasteiger partial charge >= 0.3 is 0 Å². The zero-order valence-electron chi connectivity index (χ0n) is 11.3. The summed E-state index contributed by atoms with van der Waals surface area (Å²) in [5, 5.41) is 1.65. The summed E-state index contributed by atoms with van der Waals surface area (Å²) in [7, 11) is 2.13. The molecule has 3 N–H and O–H groups in total. The van der Waals surface area contributed by atoms with Crippen molar-refractivity contribution in [2.24, 2.45) is 5.84 Å². The van der Waals surface area contributed by atoms with Crippen LogP contribution >= 0.6 is 23.4 Å². The molecule has 1 saturated heterocycles. The Labute approximate surface area is 127 Å². The molecule has 20 heavy (non-hydrogen) atoms. The minimum Gasteiger partial charge on any atom is -0.458 e. The number of furan rings is 1. The first kappa shape index (κ1) is 14.2. The number of halogens is 1. The molecule has 0 spiro atoms. The third-order valence-electron chi connectivity index (χ3n) is 3.83. The van der Waals surface area contributed by atoms with E-state index >= 15 is 0 Å². The summed E-state index contributed by atoms with van der Waals surface area (Å²) in [4.78, 5) is 2.33. The molecular weight excluding hydrogens is 294 g/mol. The first-order chi connectivity index (χ1) is 9.70. The average Bonchev–Trinajstić information content (AvgIpc) is 2.87.